The maximum absolute atomic E-state index is 10.5. The summed E-state index contributed by atoms with van der Waals surface area (Å²) in [4.78, 5) is 6.54. The van der Waals surface area contributed by atoms with Crippen LogP contribution in [-0.4, -0.2) is 65.6 Å². The monoisotopic (exact) mass is 444 g/mol. The largest absolute Gasteiger partial charge is 0.493 e. The molecule has 3 rings (SSSR count). The number of benzene rings is 1. The number of hydrogen-bond acceptors (Lipinski definition) is 6. The van der Waals surface area contributed by atoms with Crippen LogP contribution in [0.3, 0.4) is 0 Å². The highest BCUT2D eigenvalue weighted by molar-refractivity contribution is 5.43. The standard InChI is InChI=1S/C25H40N4O3/c1-20-27-13-15-29(20)14-7-12-26-17-21-10-11-24(25(16-21)31-3)32-19-23(30)18-28(2)22-8-5-4-6-9-22/h10-11,13,15-16,22-23,26,30H,4-9,12,14,17-19H2,1-3H3. The van der Waals surface area contributed by atoms with Crippen LogP contribution >= 0.6 is 0 Å². The second-order valence-corrected chi connectivity index (χ2v) is 8.88. The zero-order chi connectivity index (χ0) is 22.8. The molecule has 1 aliphatic carbocycles. The van der Waals surface area contributed by atoms with E-state index in [4.69, 9.17) is 9.47 Å². The topological polar surface area (TPSA) is 71.8 Å². The minimum absolute atomic E-state index is 0.263. The number of hydrogen-bond donors (Lipinski definition) is 2. The Kier molecular flexibility index (Phi) is 9.84. The molecule has 0 bridgehead atoms. The van der Waals surface area contributed by atoms with Crippen molar-refractivity contribution in [2.75, 3.05) is 33.9 Å². The molecular formula is C25H40N4O3. The van der Waals surface area contributed by atoms with Gasteiger partial charge in [-0.1, -0.05) is 25.3 Å². The number of likely N-dealkylation sites (N-methyl/N-ethyl adjacent to an activating group) is 1. The summed E-state index contributed by atoms with van der Waals surface area (Å²) in [6, 6.07) is 6.57. The molecule has 1 atom stereocenters. The molecule has 1 aromatic carbocycles. The molecule has 0 saturated heterocycles. The second-order valence-electron chi connectivity index (χ2n) is 8.88. The third-order valence-corrected chi connectivity index (χ3v) is 6.36. The quantitative estimate of drug-likeness (QED) is 0.462. The normalized spacial score (nSPS) is 15.8. The van der Waals surface area contributed by atoms with Crippen LogP contribution in [0.25, 0.3) is 0 Å². The van der Waals surface area contributed by atoms with Gasteiger partial charge in [0, 0.05) is 38.1 Å². The number of nitrogens with zero attached hydrogens (tertiary/aromatic N) is 3. The highest BCUT2D eigenvalue weighted by Crippen LogP contribution is 2.28. The van der Waals surface area contributed by atoms with Gasteiger partial charge in [0.25, 0.3) is 0 Å². The van der Waals surface area contributed by atoms with Gasteiger partial charge >= 0.3 is 0 Å². The Morgan fingerprint density at radius 1 is 1.25 bits per heavy atom. The lowest BCUT2D eigenvalue weighted by atomic mass is 9.94. The zero-order valence-electron chi connectivity index (χ0n) is 19.9. The van der Waals surface area contributed by atoms with E-state index in [0.29, 0.717) is 24.1 Å². The molecule has 1 saturated carbocycles. The molecule has 2 N–H and O–H groups in total. The molecule has 1 heterocycles. The molecule has 7 nitrogen and oxygen atoms in total. The number of nitrogens with one attached hydrogen (secondary N) is 1. The van der Waals surface area contributed by atoms with Crippen LogP contribution in [0.1, 0.15) is 49.9 Å². The molecule has 0 radical (unpaired) electrons. The summed E-state index contributed by atoms with van der Waals surface area (Å²) < 4.78 is 13.6. The smallest absolute Gasteiger partial charge is 0.161 e. The van der Waals surface area contributed by atoms with Gasteiger partial charge in [0.15, 0.2) is 11.5 Å². The molecule has 178 valence electrons. The van der Waals surface area contributed by atoms with Gasteiger partial charge in [0.2, 0.25) is 0 Å². The Balaban J connectivity index is 1.39. The highest BCUT2D eigenvalue weighted by Gasteiger charge is 2.20. The van der Waals surface area contributed by atoms with Crippen molar-refractivity contribution < 1.29 is 14.6 Å². The summed E-state index contributed by atoms with van der Waals surface area (Å²) in [5.41, 5.74) is 1.14. The van der Waals surface area contributed by atoms with Gasteiger partial charge < -0.3 is 29.4 Å². The van der Waals surface area contributed by atoms with Gasteiger partial charge in [-0.3, -0.25) is 0 Å². The van der Waals surface area contributed by atoms with Gasteiger partial charge in [0.1, 0.15) is 18.5 Å². The first-order chi connectivity index (χ1) is 15.6. The summed E-state index contributed by atoms with van der Waals surface area (Å²) in [7, 11) is 3.76. The van der Waals surface area contributed by atoms with E-state index in [0.717, 1.165) is 37.4 Å². The fraction of sp³-hybridized carbons (Fsp3) is 0.640. The average molecular weight is 445 g/mol. The van der Waals surface area contributed by atoms with Crippen molar-refractivity contribution >= 4 is 0 Å². The van der Waals surface area contributed by atoms with Crippen molar-refractivity contribution in [2.45, 2.75) is 70.7 Å². The lowest BCUT2D eigenvalue weighted by Gasteiger charge is -2.32. The molecule has 1 aliphatic rings. The Morgan fingerprint density at radius 3 is 2.78 bits per heavy atom. The van der Waals surface area contributed by atoms with Crippen molar-refractivity contribution in [3.63, 3.8) is 0 Å². The minimum Gasteiger partial charge on any atom is -0.493 e. The molecule has 0 amide bonds. The highest BCUT2D eigenvalue weighted by atomic mass is 16.5. The molecule has 7 heteroatoms. The van der Waals surface area contributed by atoms with E-state index >= 15 is 0 Å². The van der Waals surface area contributed by atoms with E-state index in [9.17, 15) is 5.11 Å². The predicted octanol–water partition coefficient (Wildman–Crippen LogP) is 3.38. The van der Waals surface area contributed by atoms with Gasteiger partial charge in [-0.2, -0.15) is 0 Å². The van der Waals surface area contributed by atoms with E-state index < -0.39 is 6.10 Å². The number of aliphatic hydroxyl groups is 1. The predicted molar refractivity (Wildman–Crippen MR) is 127 cm³/mol. The van der Waals surface area contributed by atoms with Crippen molar-refractivity contribution in [2.24, 2.45) is 0 Å². The summed E-state index contributed by atoms with van der Waals surface area (Å²) in [5, 5.41) is 13.9. The van der Waals surface area contributed by atoms with Crippen LogP contribution in [0.15, 0.2) is 30.6 Å². The lowest BCUT2D eigenvalue weighted by Crippen LogP contribution is -2.40. The van der Waals surface area contributed by atoms with Crippen LogP contribution < -0.4 is 14.8 Å². The van der Waals surface area contributed by atoms with Crippen molar-refractivity contribution in [1.82, 2.24) is 19.8 Å². The number of ether oxygens (including phenoxy) is 2. The Bertz CT molecular complexity index is 804. The van der Waals surface area contributed by atoms with Gasteiger partial charge in [-0.15, -0.1) is 0 Å². The first kappa shape index (κ1) is 24.6. The average Bonchev–Trinajstić information content (AvgIpc) is 3.22. The van der Waals surface area contributed by atoms with E-state index in [-0.39, 0.29) is 6.61 Å². The molecule has 1 fully saturated rings. The van der Waals surface area contributed by atoms with Crippen molar-refractivity contribution in [3.05, 3.63) is 42.0 Å². The Labute approximate surface area is 192 Å². The number of aliphatic hydroxyl groups excluding tert-OH is 1. The third kappa shape index (κ3) is 7.50. The van der Waals surface area contributed by atoms with Crippen molar-refractivity contribution in [1.29, 1.82) is 0 Å². The van der Waals surface area contributed by atoms with E-state index in [1.807, 2.05) is 37.5 Å². The molecule has 0 aliphatic heterocycles. The van der Waals surface area contributed by atoms with E-state index in [1.165, 1.54) is 32.1 Å². The summed E-state index contributed by atoms with van der Waals surface area (Å²) >= 11 is 0. The van der Waals surface area contributed by atoms with Crippen LogP contribution in [0.5, 0.6) is 11.5 Å². The Morgan fingerprint density at radius 2 is 2.06 bits per heavy atom. The molecule has 2 aromatic rings. The molecular weight excluding hydrogens is 404 g/mol. The van der Waals surface area contributed by atoms with Crippen LogP contribution in [0.2, 0.25) is 0 Å². The summed E-state index contributed by atoms with van der Waals surface area (Å²) in [6.45, 7) is 5.59. The third-order valence-electron chi connectivity index (χ3n) is 6.36. The first-order valence-corrected chi connectivity index (χ1v) is 11.9. The lowest BCUT2D eigenvalue weighted by molar-refractivity contribution is 0.0553. The molecule has 1 aromatic heterocycles. The number of rotatable bonds is 13. The Hall–Kier alpha value is -2.09. The molecule has 32 heavy (non-hydrogen) atoms. The van der Waals surface area contributed by atoms with Crippen LogP contribution in [-0.2, 0) is 13.1 Å². The summed E-state index contributed by atoms with van der Waals surface area (Å²) in [6.07, 6.45) is 10.8. The SMILES string of the molecule is COc1cc(CNCCCn2ccnc2C)ccc1OCC(O)CN(C)C1CCCCC1. The number of imidazole rings is 1. The maximum Gasteiger partial charge on any atom is 0.161 e. The molecule has 0 spiro atoms. The summed E-state index contributed by atoms with van der Waals surface area (Å²) in [5.74, 6) is 2.42. The minimum atomic E-state index is -0.521. The fourth-order valence-electron chi connectivity index (χ4n) is 4.43. The fourth-order valence-corrected chi connectivity index (χ4v) is 4.43. The van der Waals surface area contributed by atoms with E-state index in [1.54, 1.807) is 7.11 Å². The van der Waals surface area contributed by atoms with Crippen molar-refractivity contribution in [3.8, 4) is 11.5 Å². The van der Waals surface area contributed by atoms with Gasteiger partial charge in [-0.25, -0.2) is 4.98 Å². The number of aromatic nitrogens is 2. The van der Waals surface area contributed by atoms with E-state index in [2.05, 4.69) is 26.8 Å². The maximum atomic E-state index is 10.5. The van der Waals surface area contributed by atoms with Gasteiger partial charge in [-0.05, 0) is 57.5 Å². The first-order valence-electron chi connectivity index (χ1n) is 11.9. The van der Waals surface area contributed by atoms with Gasteiger partial charge in [0.05, 0.1) is 7.11 Å². The number of aryl methyl sites for hydroxylation is 2. The van der Waals surface area contributed by atoms with Crippen LogP contribution in [0.4, 0.5) is 0 Å². The second kappa shape index (κ2) is 12.8. The zero-order valence-corrected chi connectivity index (χ0v) is 19.9. The van der Waals surface area contributed by atoms with Crippen LogP contribution in [0, 0.1) is 6.92 Å². The number of methoxy groups -OCH3 is 1. The molecule has 1 unspecified atom stereocenters.